The Morgan fingerprint density at radius 2 is 1.96 bits per heavy atom. The number of nitrogens with one attached hydrogen (secondary N) is 1. The van der Waals surface area contributed by atoms with E-state index in [2.05, 4.69) is 15.4 Å². The van der Waals surface area contributed by atoms with E-state index in [9.17, 15) is 9.59 Å². The van der Waals surface area contributed by atoms with Crippen molar-refractivity contribution in [1.29, 1.82) is 0 Å². The molecule has 0 aliphatic rings. The van der Waals surface area contributed by atoms with Crippen molar-refractivity contribution >= 4 is 29.2 Å². The number of carbonyl (C=O) groups is 2. The van der Waals surface area contributed by atoms with Crippen LogP contribution in [-0.4, -0.2) is 40.4 Å². The lowest BCUT2D eigenvalue weighted by molar-refractivity contribution is -0.119. The number of amides is 1. The van der Waals surface area contributed by atoms with Crippen molar-refractivity contribution in [2.75, 3.05) is 19.0 Å². The third kappa shape index (κ3) is 4.62. The van der Waals surface area contributed by atoms with Crippen molar-refractivity contribution in [3.8, 4) is 11.4 Å². The van der Waals surface area contributed by atoms with E-state index in [0.29, 0.717) is 22.0 Å². The zero-order valence-corrected chi connectivity index (χ0v) is 15.0. The molecule has 27 heavy (non-hydrogen) atoms. The summed E-state index contributed by atoms with van der Waals surface area (Å²) in [5.74, 6) is -0.681. The summed E-state index contributed by atoms with van der Waals surface area (Å²) in [5.41, 5.74) is 1.45. The molecule has 8 nitrogen and oxygen atoms in total. The normalized spacial score (nSPS) is 10.3. The molecule has 2 aromatic carbocycles. The molecule has 1 N–H and O–H groups in total. The fraction of sp³-hybridized carbons (Fsp3) is 0.111. The number of hydrogen-bond acceptors (Lipinski definition) is 6. The van der Waals surface area contributed by atoms with Crippen LogP contribution in [0.1, 0.15) is 10.4 Å². The molecule has 0 atom stereocenters. The van der Waals surface area contributed by atoms with Crippen LogP contribution >= 0.6 is 11.6 Å². The molecule has 1 aromatic heterocycles. The second-order valence-corrected chi connectivity index (χ2v) is 5.79. The zero-order valence-electron chi connectivity index (χ0n) is 14.3. The fourth-order valence-electron chi connectivity index (χ4n) is 2.27. The van der Waals surface area contributed by atoms with Gasteiger partial charge in [0.15, 0.2) is 6.61 Å². The quantitative estimate of drug-likeness (QED) is 0.654. The number of rotatable bonds is 6. The van der Waals surface area contributed by atoms with Gasteiger partial charge in [0.05, 0.1) is 24.0 Å². The maximum absolute atomic E-state index is 12.1. The van der Waals surface area contributed by atoms with Gasteiger partial charge in [-0.1, -0.05) is 11.6 Å². The van der Waals surface area contributed by atoms with E-state index >= 15 is 0 Å². The molecule has 0 fully saturated rings. The van der Waals surface area contributed by atoms with Gasteiger partial charge in [-0.25, -0.2) is 14.5 Å². The molecule has 0 unspecified atom stereocenters. The first-order valence-electron chi connectivity index (χ1n) is 7.82. The number of ether oxygens (including phenoxy) is 2. The van der Waals surface area contributed by atoms with Crippen LogP contribution in [0.15, 0.2) is 55.1 Å². The summed E-state index contributed by atoms with van der Waals surface area (Å²) in [6.45, 7) is -0.445. The Morgan fingerprint density at radius 3 is 2.63 bits per heavy atom. The first-order valence-corrected chi connectivity index (χ1v) is 8.20. The van der Waals surface area contributed by atoms with E-state index in [4.69, 9.17) is 21.1 Å². The number of hydrogen-bond donors (Lipinski definition) is 1. The molecular formula is C18H15ClN4O4. The number of carbonyl (C=O) groups excluding carboxylic acids is 2. The third-order valence-corrected chi connectivity index (χ3v) is 3.79. The van der Waals surface area contributed by atoms with Gasteiger partial charge >= 0.3 is 5.97 Å². The van der Waals surface area contributed by atoms with Gasteiger partial charge < -0.3 is 14.8 Å². The molecule has 1 heterocycles. The van der Waals surface area contributed by atoms with Gasteiger partial charge in [0.2, 0.25) is 0 Å². The molecule has 1 amide bonds. The SMILES string of the molecule is COc1ccc(Cl)cc1NC(=O)COC(=O)c1ccc(-n2cncn2)cc1. The predicted molar refractivity (Wildman–Crippen MR) is 98.3 cm³/mol. The minimum absolute atomic E-state index is 0.312. The number of methoxy groups -OCH3 is 1. The van der Waals surface area contributed by atoms with Crippen molar-refractivity contribution in [3.05, 3.63) is 65.7 Å². The summed E-state index contributed by atoms with van der Waals surface area (Å²) in [5, 5.41) is 7.03. The van der Waals surface area contributed by atoms with Crippen LogP contribution < -0.4 is 10.1 Å². The Hall–Kier alpha value is -3.39. The largest absolute Gasteiger partial charge is 0.495 e. The van der Waals surface area contributed by atoms with Crippen molar-refractivity contribution in [2.45, 2.75) is 0 Å². The van der Waals surface area contributed by atoms with Gasteiger partial charge in [-0.05, 0) is 42.5 Å². The summed E-state index contributed by atoms with van der Waals surface area (Å²) in [6, 6.07) is 11.4. The van der Waals surface area contributed by atoms with E-state index in [0.717, 1.165) is 5.69 Å². The first kappa shape index (κ1) is 18.4. The smallest absolute Gasteiger partial charge is 0.338 e. The standard InChI is InChI=1S/C18H15ClN4O4/c1-26-16-7-4-13(19)8-15(16)22-17(24)9-27-18(25)12-2-5-14(6-3-12)23-11-20-10-21-23/h2-8,10-11H,9H2,1H3,(H,22,24). The zero-order chi connectivity index (χ0) is 19.2. The molecule has 9 heteroatoms. The van der Waals surface area contributed by atoms with E-state index in [-0.39, 0.29) is 0 Å². The van der Waals surface area contributed by atoms with Gasteiger partial charge in [-0.2, -0.15) is 5.10 Å². The van der Waals surface area contributed by atoms with Crippen molar-refractivity contribution in [1.82, 2.24) is 14.8 Å². The summed E-state index contributed by atoms with van der Waals surface area (Å²) in [4.78, 5) is 28.0. The molecule has 3 aromatic rings. The third-order valence-electron chi connectivity index (χ3n) is 3.56. The number of nitrogens with zero attached hydrogens (tertiary/aromatic N) is 3. The van der Waals surface area contributed by atoms with Gasteiger partial charge in [-0.3, -0.25) is 4.79 Å². The molecule has 0 spiro atoms. The summed E-state index contributed by atoms with van der Waals surface area (Å²) < 4.78 is 11.7. The maximum Gasteiger partial charge on any atom is 0.338 e. The van der Waals surface area contributed by atoms with Crippen molar-refractivity contribution < 1.29 is 19.1 Å². The van der Waals surface area contributed by atoms with E-state index in [1.165, 1.54) is 13.4 Å². The number of benzene rings is 2. The Kier molecular flexibility index (Phi) is 5.68. The average molecular weight is 387 g/mol. The monoisotopic (exact) mass is 386 g/mol. The van der Waals surface area contributed by atoms with Gasteiger partial charge in [-0.15, -0.1) is 0 Å². The molecule has 138 valence electrons. The maximum atomic E-state index is 12.1. The lowest BCUT2D eigenvalue weighted by Gasteiger charge is -2.11. The van der Waals surface area contributed by atoms with E-state index in [1.54, 1.807) is 53.5 Å². The van der Waals surface area contributed by atoms with E-state index < -0.39 is 18.5 Å². The van der Waals surface area contributed by atoms with Crippen LogP contribution in [-0.2, 0) is 9.53 Å². The van der Waals surface area contributed by atoms with Crippen LogP contribution in [0.4, 0.5) is 5.69 Å². The van der Waals surface area contributed by atoms with Crippen LogP contribution in [0.3, 0.4) is 0 Å². The van der Waals surface area contributed by atoms with Crippen molar-refractivity contribution in [2.24, 2.45) is 0 Å². The average Bonchev–Trinajstić information content (AvgIpc) is 3.21. The summed E-state index contributed by atoms with van der Waals surface area (Å²) in [7, 11) is 1.47. The topological polar surface area (TPSA) is 95.3 Å². The molecule has 0 saturated carbocycles. The molecule has 0 bridgehead atoms. The van der Waals surface area contributed by atoms with Gasteiger partial charge in [0.25, 0.3) is 5.91 Å². The fourth-order valence-corrected chi connectivity index (χ4v) is 2.44. The lowest BCUT2D eigenvalue weighted by Crippen LogP contribution is -2.21. The number of aromatic nitrogens is 3. The number of anilines is 1. The van der Waals surface area contributed by atoms with Crippen LogP contribution in [0, 0.1) is 0 Å². The Morgan fingerprint density at radius 1 is 1.19 bits per heavy atom. The number of halogens is 1. The molecular weight excluding hydrogens is 372 g/mol. The highest BCUT2D eigenvalue weighted by atomic mass is 35.5. The van der Waals surface area contributed by atoms with Crippen LogP contribution in [0.2, 0.25) is 5.02 Å². The molecule has 0 radical (unpaired) electrons. The van der Waals surface area contributed by atoms with Crippen LogP contribution in [0.25, 0.3) is 5.69 Å². The molecule has 0 aliphatic carbocycles. The summed E-state index contributed by atoms with van der Waals surface area (Å²) in [6.07, 6.45) is 2.96. The number of esters is 1. The minimum Gasteiger partial charge on any atom is -0.495 e. The van der Waals surface area contributed by atoms with Gasteiger partial charge in [0.1, 0.15) is 18.4 Å². The Bertz CT molecular complexity index is 943. The molecule has 0 aliphatic heterocycles. The summed E-state index contributed by atoms with van der Waals surface area (Å²) >= 11 is 5.91. The second kappa shape index (κ2) is 8.33. The highest BCUT2D eigenvalue weighted by molar-refractivity contribution is 6.31. The minimum atomic E-state index is -0.617. The Balaban J connectivity index is 1.57. The highest BCUT2D eigenvalue weighted by Crippen LogP contribution is 2.27. The Labute approximate surface area is 159 Å². The van der Waals surface area contributed by atoms with Crippen LogP contribution in [0.5, 0.6) is 5.75 Å². The highest BCUT2D eigenvalue weighted by Gasteiger charge is 2.13. The van der Waals surface area contributed by atoms with Crippen molar-refractivity contribution in [3.63, 3.8) is 0 Å². The van der Waals surface area contributed by atoms with E-state index in [1.807, 2.05) is 0 Å². The predicted octanol–water partition coefficient (Wildman–Crippen LogP) is 2.72. The first-order chi connectivity index (χ1) is 13.1. The lowest BCUT2D eigenvalue weighted by atomic mass is 10.2. The van der Waals surface area contributed by atoms with Gasteiger partial charge in [0, 0.05) is 5.02 Å². The second-order valence-electron chi connectivity index (χ2n) is 5.36. The molecule has 3 rings (SSSR count). The molecule has 0 saturated heterocycles.